The molecule has 1 aromatic carbocycles. The first-order valence-corrected chi connectivity index (χ1v) is 7.16. The third-order valence-electron chi connectivity index (χ3n) is 3.05. The van der Waals surface area contributed by atoms with Crippen molar-refractivity contribution in [3.63, 3.8) is 0 Å². The van der Waals surface area contributed by atoms with Gasteiger partial charge in [0, 0.05) is 23.8 Å². The van der Waals surface area contributed by atoms with Crippen LogP contribution in [0.4, 0.5) is 0 Å². The number of aromatic nitrogens is 1. The van der Waals surface area contributed by atoms with Crippen molar-refractivity contribution in [2.75, 3.05) is 6.54 Å². The molecule has 0 saturated carbocycles. The Balaban J connectivity index is 2.22. The molecule has 4 nitrogen and oxygen atoms in total. The fourth-order valence-electron chi connectivity index (χ4n) is 1.98. The van der Waals surface area contributed by atoms with E-state index in [1.165, 1.54) is 0 Å². The van der Waals surface area contributed by atoms with Gasteiger partial charge < -0.3 is 15.0 Å². The molecule has 0 aliphatic heterocycles. The van der Waals surface area contributed by atoms with Crippen LogP contribution in [0.15, 0.2) is 40.9 Å². The number of aliphatic hydroxyl groups excluding tert-OH is 1. The Morgan fingerprint density at radius 2 is 1.95 bits per heavy atom. The Kier molecular flexibility index (Phi) is 4.62. The van der Waals surface area contributed by atoms with E-state index in [-0.39, 0.29) is 12.5 Å². The lowest BCUT2D eigenvalue weighted by molar-refractivity contribution is 0.0916. The molecule has 5 heteroatoms. The van der Waals surface area contributed by atoms with Crippen molar-refractivity contribution in [1.82, 2.24) is 9.88 Å². The minimum Gasteiger partial charge on any atom is -0.392 e. The zero-order valence-electron chi connectivity index (χ0n) is 11.4. The molecule has 2 rings (SSSR count). The summed E-state index contributed by atoms with van der Waals surface area (Å²) < 4.78 is 2.87. The van der Waals surface area contributed by atoms with Crippen LogP contribution in [-0.4, -0.2) is 28.2 Å². The zero-order chi connectivity index (χ0) is 14.7. The number of aliphatic hydroxyl groups is 1. The summed E-state index contributed by atoms with van der Waals surface area (Å²) in [6.07, 6.45) is -0.551. The predicted octanol–water partition coefficient (Wildman–Crippen LogP) is 2.57. The molecule has 0 aliphatic carbocycles. The second-order valence-electron chi connectivity index (χ2n) is 4.73. The number of carbonyl (C=O) groups is 1. The molecular weight excluding hydrogens is 320 g/mol. The van der Waals surface area contributed by atoms with Gasteiger partial charge in [-0.05, 0) is 36.8 Å². The molecule has 1 atom stereocenters. The van der Waals surface area contributed by atoms with Gasteiger partial charge in [-0.3, -0.25) is 4.79 Å². The number of nitrogens with zero attached hydrogens (tertiary/aromatic N) is 1. The lowest BCUT2D eigenvalue weighted by Gasteiger charge is -2.10. The Labute approximate surface area is 126 Å². The number of carbonyl (C=O) groups excluding carboxylic acids is 1. The summed E-state index contributed by atoms with van der Waals surface area (Å²) in [6, 6.07) is 11.6. The normalized spacial score (nSPS) is 12.2. The van der Waals surface area contributed by atoms with E-state index in [4.69, 9.17) is 0 Å². The van der Waals surface area contributed by atoms with Crippen LogP contribution in [-0.2, 0) is 7.05 Å². The molecule has 20 heavy (non-hydrogen) atoms. The molecule has 0 bridgehead atoms. The van der Waals surface area contributed by atoms with E-state index in [1.807, 2.05) is 41.9 Å². The third kappa shape index (κ3) is 3.29. The van der Waals surface area contributed by atoms with E-state index in [1.54, 1.807) is 13.0 Å². The van der Waals surface area contributed by atoms with Gasteiger partial charge >= 0.3 is 0 Å². The summed E-state index contributed by atoms with van der Waals surface area (Å²) in [7, 11) is 1.86. The highest BCUT2D eigenvalue weighted by molar-refractivity contribution is 9.10. The first kappa shape index (κ1) is 14.8. The van der Waals surface area contributed by atoms with E-state index in [2.05, 4.69) is 21.2 Å². The first-order chi connectivity index (χ1) is 9.49. The van der Waals surface area contributed by atoms with Gasteiger partial charge in [-0.25, -0.2) is 0 Å². The van der Waals surface area contributed by atoms with Crippen LogP contribution in [0.1, 0.15) is 17.4 Å². The Morgan fingerprint density at radius 3 is 2.55 bits per heavy atom. The molecule has 0 spiro atoms. The van der Waals surface area contributed by atoms with Crippen molar-refractivity contribution in [1.29, 1.82) is 0 Å². The van der Waals surface area contributed by atoms with Crippen LogP contribution in [0.25, 0.3) is 11.3 Å². The molecule has 1 unspecified atom stereocenters. The summed E-state index contributed by atoms with van der Waals surface area (Å²) >= 11 is 3.40. The van der Waals surface area contributed by atoms with Gasteiger partial charge in [0.05, 0.1) is 6.10 Å². The lowest BCUT2D eigenvalue weighted by atomic mass is 10.1. The van der Waals surface area contributed by atoms with Crippen LogP contribution >= 0.6 is 15.9 Å². The summed E-state index contributed by atoms with van der Waals surface area (Å²) in [5.41, 5.74) is 2.59. The molecular formula is C15H17BrN2O2. The molecule has 2 aromatic rings. The van der Waals surface area contributed by atoms with Crippen LogP contribution < -0.4 is 5.32 Å². The quantitative estimate of drug-likeness (QED) is 0.901. The van der Waals surface area contributed by atoms with Crippen LogP contribution in [0.3, 0.4) is 0 Å². The Bertz CT molecular complexity index is 603. The van der Waals surface area contributed by atoms with Gasteiger partial charge in [-0.15, -0.1) is 0 Å². The van der Waals surface area contributed by atoms with Crippen LogP contribution in [0.2, 0.25) is 0 Å². The highest BCUT2D eigenvalue weighted by Crippen LogP contribution is 2.23. The minimum absolute atomic E-state index is 0.184. The maximum atomic E-state index is 12.0. The molecule has 1 heterocycles. The highest BCUT2D eigenvalue weighted by atomic mass is 79.9. The van der Waals surface area contributed by atoms with Crippen molar-refractivity contribution in [3.8, 4) is 11.3 Å². The van der Waals surface area contributed by atoms with Crippen molar-refractivity contribution < 1.29 is 9.90 Å². The largest absolute Gasteiger partial charge is 0.392 e. The summed E-state index contributed by atoms with van der Waals surface area (Å²) in [6.45, 7) is 1.89. The van der Waals surface area contributed by atoms with E-state index >= 15 is 0 Å². The van der Waals surface area contributed by atoms with Crippen molar-refractivity contribution in [2.45, 2.75) is 13.0 Å². The number of nitrogens with one attached hydrogen (secondary N) is 1. The molecule has 1 aromatic heterocycles. The monoisotopic (exact) mass is 336 g/mol. The van der Waals surface area contributed by atoms with Gasteiger partial charge in [0.15, 0.2) is 0 Å². The second kappa shape index (κ2) is 6.24. The lowest BCUT2D eigenvalue weighted by Crippen LogP contribution is -2.31. The third-order valence-corrected chi connectivity index (χ3v) is 3.58. The van der Waals surface area contributed by atoms with E-state index in [9.17, 15) is 9.90 Å². The van der Waals surface area contributed by atoms with Gasteiger partial charge in [-0.1, -0.05) is 28.1 Å². The minimum atomic E-state index is -0.551. The van der Waals surface area contributed by atoms with Crippen LogP contribution in [0, 0.1) is 0 Å². The highest BCUT2D eigenvalue weighted by Gasteiger charge is 2.13. The van der Waals surface area contributed by atoms with E-state index in [0.717, 1.165) is 15.7 Å². The number of halogens is 1. The van der Waals surface area contributed by atoms with Crippen molar-refractivity contribution in [2.24, 2.45) is 7.05 Å². The summed E-state index contributed by atoms with van der Waals surface area (Å²) in [4.78, 5) is 12.0. The van der Waals surface area contributed by atoms with E-state index < -0.39 is 6.10 Å². The maximum Gasteiger partial charge on any atom is 0.268 e. The molecule has 1 amide bonds. The molecule has 0 fully saturated rings. The fraction of sp³-hybridized carbons (Fsp3) is 0.267. The average Bonchev–Trinajstić information content (AvgIpc) is 2.79. The topological polar surface area (TPSA) is 54.3 Å². The molecule has 106 valence electrons. The van der Waals surface area contributed by atoms with E-state index in [0.29, 0.717) is 5.69 Å². The predicted molar refractivity (Wildman–Crippen MR) is 82.6 cm³/mol. The van der Waals surface area contributed by atoms with Gasteiger partial charge in [0.1, 0.15) is 5.69 Å². The Hall–Kier alpha value is -1.59. The van der Waals surface area contributed by atoms with Gasteiger partial charge in [0.25, 0.3) is 5.91 Å². The van der Waals surface area contributed by atoms with Gasteiger partial charge in [0.2, 0.25) is 0 Å². The molecule has 0 radical (unpaired) electrons. The number of amides is 1. The standard InChI is InChI=1S/C15H17BrN2O2/c1-10(19)9-17-15(20)14-8-7-13(18(14)2)11-3-5-12(16)6-4-11/h3-8,10,19H,9H2,1-2H3,(H,17,20). The maximum absolute atomic E-state index is 12.0. The average molecular weight is 337 g/mol. The number of rotatable bonds is 4. The summed E-state index contributed by atoms with van der Waals surface area (Å²) in [5, 5.41) is 11.9. The molecule has 0 aliphatic rings. The van der Waals surface area contributed by atoms with Crippen LogP contribution in [0.5, 0.6) is 0 Å². The first-order valence-electron chi connectivity index (χ1n) is 6.37. The number of hydrogen-bond donors (Lipinski definition) is 2. The molecule has 2 N–H and O–H groups in total. The molecule has 0 saturated heterocycles. The smallest absolute Gasteiger partial charge is 0.268 e. The SMILES string of the molecule is CC(O)CNC(=O)c1ccc(-c2ccc(Br)cc2)n1C. The Morgan fingerprint density at radius 1 is 1.30 bits per heavy atom. The second-order valence-corrected chi connectivity index (χ2v) is 5.64. The van der Waals surface area contributed by atoms with Crippen molar-refractivity contribution >= 4 is 21.8 Å². The number of hydrogen-bond acceptors (Lipinski definition) is 2. The van der Waals surface area contributed by atoms with Crippen molar-refractivity contribution in [3.05, 3.63) is 46.6 Å². The zero-order valence-corrected chi connectivity index (χ0v) is 13.0. The fourth-order valence-corrected chi connectivity index (χ4v) is 2.25. The van der Waals surface area contributed by atoms with Gasteiger partial charge in [-0.2, -0.15) is 0 Å². The number of benzene rings is 1. The summed E-state index contributed by atoms with van der Waals surface area (Å²) in [5.74, 6) is -0.184.